The van der Waals surface area contributed by atoms with Gasteiger partial charge in [-0.3, -0.25) is 4.99 Å². The van der Waals surface area contributed by atoms with Crippen LogP contribution in [0.3, 0.4) is 0 Å². The largest absolute Gasteiger partial charge is 0.357 e. The van der Waals surface area contributed by atoms with Gasteiger partial charge in [0.2, 0.25) is 0 Å². The molecule has 0 amide bonds. The Bertz CT molecular complexity index is 329. The number of hydrogen-bond acceptors (Lipinski definition) is 1. The molecule has 0 bridgehead atoms. The molecule has 20 heavy (non-hydrogen) atoms. The molecule has 0 aromatic heterocycles. The van der Waals surface area contributed by atoms with Gasteiger partial charge in [-0.05, 0) is 56.8 Å². The van der Waals surface area contributed by atoms with Gasteiger partial charge in [-0.25, -0.2) is 0 Å². The van der Waals surface area contributed by atoms with E-state index < -0.39 is 0 Å². The first-order valence-electron chi connectivity index (χ1n) is 8.37. The zero-order chi connectivity index (χ0) is 13.1. The Morgan fingerprint density at radius 1 is 1.10 bits per heavy atom. The highest BCUT2D eigenvalue weighted by atomic mass is 127. The van der Waals surface area contributed by atoms with E-state index in [4.69, 9.17) is 4.99 Å². The average molecular weight is 391 g/mol. The van der Waals surface area contributed by atoms with Crippen molar-refractivity contribution in [3.05, 3.63) is 0 Å². The van der Waals surface area contributed by atoms with Crippen LogP contribution in [0, 0.1) is 11.3 Å². The highest BCUT2D eigenvalue weighted by Gasteiger charge is 2.48. The van der Waals surface area contributed by atoms with E-state index in [1.807, 2.05) is 0 Å². The number of nitrogens with one attached hydrogen (secondary N) is 2. The molecule has 3 saturated carbocycles. The Morgan fingerprint density at radius 2 is 1.80 bits per heavy atom. The van der Waals surface area contributed by atoms with Gasteiger partial charge in [0.05, 0.1) is 0 Å². The molecule has 3 aliphatic carbocycles. The van der Waals surface area contributed by atoms with E-state index in [1.165, 1.54) is 57.8 Å². The molecule has 0 aromatic rings. The monoisotopic (exact) mass is 391 g/mol. The summed E-state index contributed by atoms with van der Waals surface area (Å²) < 4.78 is 0. The van der Waals surface area contributed by atoms with E-state index in [0.717, 1.165) is 25.0 Å². The third-order valence-corrected chi connectivity index (χ3v) is 5.39. The summed E-state index contributed by atoms with van der Waals surface area (Å²) >= 11 is 0. The smallest absolute Gasteiger partial charge is 0.191 e. The number of nitrogens with zero attached hydrogens (tertiary/aromatic N) is 1. The second kappa shape index (κ2) is 7.32. The highest BCUT2D eigenvalue weighted by molar-refractivity contribution is 14.0. The molecule has 0 saturated heterocycles. The Kier molecular flexibility index (Phi) is 5.99. The maximum atomic E-state index is 4.93. The van der Waals surface area contributed by atoms with Crippen molar-refractivity contribution in [2.24, 2.45) is 16.3 Å². The summed E-state index contributed by atoms with van der Waals surface area (Å²) in [5, 5.41) is 7.06. The first kappa shape index (κ1) is 16.4. The lowest BCUT2D eigenvalue weighted by Gasteiger charge is -2.41. The number of hydrogen-bond donors (Lipinski definition) is 2. The molecule has 3 rings (SSSR count). The van der Waals surface area contributed by atoms with Crippen LogP contribution in [0.2, 0.25) is 0 Å². The molecule has 0 spiro atoms. The third kappa shape index (κ3) is 3.80. The van der Waals surface area contributed by atoms with Crippen molar-refractivity contribution >= 4 is 29.9 Å². The Hall–Kier alpha value is 0. The minimum atomic E-state index is 0. The van der Waals surface area contributed by atoms with Crippen molar-refractivity contribution in [1.29, 1.82) is 0 Å². The van der Waals surface area contributed by atoms with Crippen LogP contribution in [-0.2, 0) is 0 Å². The fourth-order valence-electron chi connectivity index (χ4n) is 3.84. The van der Waals surface area contributed by atoms with Crippen LogP contribution in [-0.4, -0.2) is 25.1 Å². The topological polar surface area (TPSA) is 36.4 Å². The fourth-order valence-corrected chi connectivity index (χ4v) is 3.84. The zero-order valence-corrected chi connectivity index (χ0v) is 15.1. The Balaban J connectivity index is 0.00000147. The summed E-state index contributed by atoms with van der Waals surface area (Å²) in [6.07, 6.45) is 12.6. The minimum absolute atomic E-state index is 0. The molecule has 0 aromatic carbocycles. The summed E-state index contributed by atoms with van der Waals surface area (Å²) in [5.41, 5.74) is 0.595. The number of rotatable bonds is 5. The highest BCUT2D eigenvalue weighted by Crippen LogP contribution is 2.57. The van der Waals surface area contributed by atoms with Gasteiger partial charge in [0.1, 0.15) is 0 Å². The first-order chi connectivity index (χ1) is 9.32. The van der Waals surface area contributed by atoms with Gasteiger partial charge < -0.3 is 10.6 Å². The van der Waals surface area contributed by atoms with Crippen molar-refractivity contribution in [2.45, 2.75) is 70.8 Å². The van der Waals surface area contributed by atoms with Crippen LogP contribution >= 0.6 is 24.0 Å². The molecule has 116 valence electrons. The number of halogens is 1. The van der Waals surface area contributed by atoms with E-state index in [1.54, 1.807) is 0 Å². The summed E-state index contributed by atoms with van der Waals surface area (Å²) in [6, 6.07) is 0.663. The number of guanidine groups is 1. The summed E-state index contributed by atoms with van der Waals surface area (Å²) in [5.74, 6) is 2.07. The van der Waals surface area contributed by atoms with Gasteiger partial charge in [0, 0.05) is 19.1 Å². The third-order valence-electron chi connectivity index (χ3n) is 5.39. The second-order valence-corrected chi connectivity index (χ2v) is 6.81. The molecular formula is C16H30IN3. The van der Waals surface area contributed by atoms with E-state index >= 15 is 0 Å². The van der Waals surface area contributed by atoms with Crippen molar-refractivity contribution in [3.8, 4) is 0 Å². The molecule has 0 atom stereocenters. The Labute approximate surface area is 140 Å². The van der Waals surface area contributed by atoms with Gasteiger partial charge in [0.25, 0.3) is 0 Å². The van der Waals surface area contributed by atoms with Crippen molar-refractivity contribution in [1.82, 2.24) is 10.6 Å². The van der Waals surface area contributed by atoms with Gasteiger partial charge in [-0.15, -0.1) is 24.0 Å². The van der Waals surface area contributed by atoms with Gasteiger partial charge in [-0.2, -0.15) is 0 Å². The standard InChI is InChI=1S/C16H29N3.HI/c1-2-17-15(19-14-6-3-4-7-14)18-12-16(10-5-11-16)13-8-9-13;/h13-14H,2-12H2,1H3,(H2,17,18,19);1H. The lowest BCUT2D eigenvalue weighted by Crippen LogP contribution is -2.44. The second-order valence-electron chi connectivity index (χ2n) is 6.81. The van der Waals surface area contributed by atoms with Crippen LogP contribution in [0.1, 0.15) is 64.7 Å². The van der Waals surface area contributed by atoms with Crippen LogP contribution < -0.4 is 10.6 Å². The Morgan fingerprint density at radius 3 is 2.30 bits per heavy atom. The minimum Gasteiger partial charge on any atom is -0.357 e. The molecule has 0 radical (unpaired) electrons. The molecule has 0 heterocycles. The molecule has 3 nitrogen and oxygen atoms in total. The maximum Gasteiger partial charge on any atom is 0.191 e. The van der Waals surface area contributed by atoms with Crippen molar-refractivity contribution in [3.63, 3.8) is 0 Å². The van der Waals surface area contributed by atoms with Crippen molar-refractivity contribution in [2.75, 3.05) is 13.1 Å². The van der Waals surface area contributed by atoms with E-state index in [0.29, 0.717) is 11.5 Å². The molecule has 0 unspecified atom stereocenters. The van der Waals surface area contributed by atoms with Crippen molar-refractivity contribution < 1.29 is 0 Å². The van der Waals surface area contributed by atoms with E-state index in [-0.39, 0.29) is 24.0 Å². The normalized spacial score (nSPS) is 25.8. The first-order valence-corrected chi connectivity index (χ1v) is 8.37. The summed E-state index contributed by atoms with van der Waals surface area (Å²) in [6.45, 7) is 4.18. The van der Waals surface area contributed by atoms with E-state index in [2.05, 4.69) is 17.6 Å². The quantitative estimate of drug-likeness (QED) is 0.426. The van der Waals surface area contributed by atoms with Gasteiger partial charge >= 0.3 is 0 Å². The SMILES string of the molecule is CCNC(=NCC1(C2CC2)CCC1)NC1CCCC1.I. The average Bonchev–Trinajstić information content (AvgIpc) is 3.07. The molecule has 4 heteroatoms. The fraction of sp³-hybridized carbons (Fsp3) is 0.938. The van der Waals surface area contributed by atoms with Crippen LogP contribution in [0.25, 0.3) is 0 Å². The van der Waals surface area contributed by atoms with Gasteiger partial charge in [0.15, 0.2) is 5.96 Å². The predicted octanol–water partition coefficient (Wildman–Crippen LogP) is 3.68. The maximum absolute atomic E-state index is 4.93. The lowest BCUT2D eigenvalue weighted by atomic mass is 9.65. The lowest BCUT2D eigenvalue weighted by molar-refractivity contribution is 0.113. The molecule has 0 aliphatic heterocycles. The van der Waals surface area contributed by atoms with Crippen LogP contribution in [0.5, 0.6) is 0 Å². The molecule has 3 aliphatic rings. The summed E-state index contributed by atoms with van der Waals surface area (Å²) in [4.78, 5) is 4.93. The molecule has 3 fully saturated rings. The predicted molar refractivity (Wildman–Crippen MR) is 95.8 cm³/mol. The molecule has 2 N–H and O–H groups in total. The van der Waals surface area contributed by atoms with Crippen LogP contribution in [0.4, 0.5) is 0 Å². The van der Waals surface area contributed by atoms with Gasteiger partial charge in [-0.1, -0.05) is 19.3 Å². The summed E-state index contributed by atoms with van der Waals surface area (Å²) in [7, 11) is 0. The number of aliphatic imine (C=N–C) groups is 1. The zero-order valence-electron chi connectivity index (χ0n) is 12.8. The molecular weight excluding hydrogens is 361 g/mol. The van der Waals surface area contributed by atoms with Crippen LogP contribution in [0.15, 0.2) is 4.99 Å². The van der Waals surface area contributed by atoms with E-state index in [9.17, 15) is 0 Å².